The second-order valence-electron chi connectivity index (χ2n) is 9.26. The Balaban J connectivity index is 1.43. The largest absolute Gasteiger partial charge is 0.340 e. The number of pyridine rings is 1. The van der Waals surface area contributed by atoms with Crippen LogP contribution in [-0.2, 0) is 18.3 Å². The Morgan fingerprint density at radius 2 is 1.94 bits per heavy atom. The van der Waals surface area contributed by atoms with Crippen LogP contribution in [0.3, 0.4) is 0 Å². The number of carbonyl (C=O) groups is 1. The van der Waals surface area contributed by atoms with Crippen molar-refractivity contribution in [2.45, 2.75) is 38.1 Å². The highest BCUT2D eigenvalue weighted by Crippen LogP contribution is 2.48. The molecular formula is C26H24N4O2. The summed E-state index contributed by atoms with van der Waals surface area (Å²) in [7, 11) is 1.70. The van der Waals surface area contributed by atoms with Crippen molar-refractivity contribution >= 4 is 27.6 Å². The van der Waals surface area contributed by atoms with E-state index in [0.717, 1.165) is 35.6 Å². The van der Waals surface area contributed by atoms with Gasteiger partial charge < -0.3 is 9.88 Å². The molecule has 3 aromatic rings. The van der Waals surface area contributed by atoms with Crippen molar-refractivity contribution in [2.24, 2.45) is 24.8 Å². The van der Waals surface area contributed by atoms with Gasteiger partial charge in [-0.05, 0) is 60.2 Å². The molecule has 6 heteroatoms. The molecule has 6 nitrogen and oxygen atoms in total. The van der Waals surface area contributed by atoms with Gasteiger partial charge in [-0.2, -0.15) is 10.5 Å². The molecule has 0 aliphatic heterocycles. The number of carbonyl (C=O) groups excluding carboxylic acids is 1. The number of hydrogen-bond acceptors (Lipinski definition) is 4. The van der Waals surface area contributed by atoms with Crippen molar-refractivity contribution in [3.05, 3.63) is 57.9 Å². The van der Waals surface area contributed by atoms with Gasteiger partial charge in [0.15, 0.2) is 0 Å². The first-order valence-electron chi connectivity index (χ1n) is 11.1. The van der Waals surface area contributed by atoms with Gasteiger partial charge in [-0.15, -0.1) is 0 Å². The summed E-state index contributed by atoms with van der Waals surface area (Å²) in [5.41, 5.74) is 1.90. The predicted octanol–water partition coefficient (Wildman–Crippen LogP) is 3.55. The molecule has 1 heterocycles. The predicted molar refractivity (Wildman–Crippen MR) is 122 cm³/mol. The molecule has 2 aromatic carbocycles. The van der Waals surface area contributed by atoms with Crippen molar-refractivity contribution < 1.29 is 4.79 Å². The van der Waals surface area contributed by atoms with E-state index in [1.54, 1.807) is 23.7 Å². The number of amides is 1. The van der Waals surface area contributed by atoms with Crippen molar-refractivity contribution in [3.8, 4) is 12.1 Å². The first kappa shape index (κ1) is 20.3. The van der Waals surface area contributed by atoms with E-state index in [0.29, 0.717) is 34.7 Å². The number of nitriles is 2. The van der Waals surface area contributed by atoms with E-state index in [-0.39, 0.29) is 17.4 Å². The summed E-state index contributed by atoms with van der Waals surface area (Å²) >= 11 is 0. The zero-order chi connectivity index (χ0) is 22.4. The first-order chi connectivity index (χ1) is 15.5. The Kier molecular flexibility index (Phi) is 4.94. The van der Waals surface area contributed by atoms with E-state index in [1.165, 1.54) is 6.42 Å². The minimum absolute atomic E-state index is 0.000237. The van der Waals surface area contributed by atoms with Crippen molar-refractivity contribution in [3.63, 3.8) is 0 Å². The Morgan fingerprint density at radius 3 is 2.62 bits per heavy atom. The molecule has 1 amide bonds. The highest BCUT2D eigenvalue weighted by Gasteiger charge is 2.43. The van der Waals surface area contributed by atoms with E-state index in [4.69, 9.17) is 0 Å². The third-order valence-corrected chi connectivity index (χ3v) is 7.38. The number of fused-ring (bicyclic) bond motifs is 5. The minimum Gasteiger partial charge on any atom is -0.340 e. The molecule has 2 aliphatic rings. The van der Waals surface area contributed by atoms with Gasteiger partial charge in [0.1, 0.15) is 6.04 Å². The molecule has 1 unspecified atom stereocenters. The molecule has 0 spiro atoms. The van der Waals surface area contributed by atoms with Crippen molar-refractivity contribution in [2.75, 3.05) is 0 Å². The maximum atomic E-state index is 13.0. The van der Waals surface area contributed by atoms with Crippen LogP contribution >= 0.6 is 0 Å². The third-order valence-electron chi connectivity index (χ3n) is 7.38. The quantitative estimate of drug-likeness (QED) is 0.648. The van der Waals surface area contributed by atoms with E-state index in [2.05, 4.69) is 17.5 Å². The van der Waals surface area contributed by atoms with Gasteiger partial charge in [0, 0.05) is 30.2 Å². The number of rotatable bonds is 4. The fraction of sp³-hybridized carbons (Fsp3) is 0.385. The molecule has 0 radical (unpaired) electrons. The van der Waals surface area contributed by atoms with Crippen LogP contribution in [0.5, 0.6) is 0 Å². The van der Waals surface area contributed by atoms with Crippen LogP contribution in [0.1, 0.15) is 36.8 Å². The SMILES string of the molecule is Cn1c(=O)c2cc(CC(C#N)NC(=O)[C@H]3C[C@@H]4CC[C@H]3C4)ccc2c2ccc(C#N)cc21. The minimum atomic E-state index is -0.624. The lowest BCUT2D eigenvalue weighted by molar-refractivity contribution is -0.126. The van der Waals surface area contributed by atoms with E-state index in [1.807, 2.05) is 24.3 Å². The smallest absolute Gasteiger partial charge is 0.258 e. The lowest BCUT2D eigenvalue weighted by Crippen LogP contribution is -2.41. The summed E-state index contributed by atoms with van der Waals surface area (Å²) in [5.74, 6) is 1.18. The van der Waals surface area contributed by atoms with Crippen LogP contribution < -0.4 is 10.9 Å². The maximum Gasteiger partial charge on any atom is 0.258 e. The van der Waals surface area contributed by atoms with Crippen molar-refractivity contribution in [1.29, 1.82) is 10.5 Å². The Labute approximate surface area is 186 Å². The fourth-order valence-electron chi connectivity index (χ4n) is 5.74. The summed E-state index contributed by atoms with van der Waals surface area (Å²) in [6.07, 6.45) is 4.80. The van der Waals surface area contributed by atoms with Crippen LogP contribution in [0.25, 0.3) is 21.7 Å². The zero-order valence-electron chi connectivity index (χ0n) is 18.0. The molecule has 1 N–H and O–H groups in total. The van der Waals surface area contributed by atoms with Crippen LogP contribution in [0.15, 0.2) is 41.2 Å². The average molecular weight is 425 g/mol. The Morgan fingerprint density at radius 1 is 1.12 bits per heavy atom. The number of nitrogens with one attached hydrogen (secondary N) is 1. The normalized spacial score (nSPS) is 22.5. The van der Waals surface area contributed by atoms with Gasteiger partial charge in [0.25, 0.3) is 5.56 Å². The number of aryl methyl sites for hydroxylation is 1. The van der Waals surface area contributed by atoms with Gasteiger partial charge in [0.05, 0.1) is 23.2 Å². The molecule has 2 aliphatic carbocycles. The molecule has 1 aromatic heterocycles. The monoisotopic (exact) mass is 424 g/mol. The van der Waals surface area contributed by atoms with Gasteiger partial charge in [-0.1, -0.05) is 24.6 Å². The standard InChI is InChI=1S/C26H24N4O2/c1-30-24-12-17(13-27)4-7-21(24)20-6-3-16(11-23(20)26(30)32)9-19(14-28)29-25(31)22-10-15-2-5-18(22)8-15/h3-4,6-7,11-12,15,18-19,22H,2,5,8-10H2,1H3,(H,29,31)/t15-,18+,19?,22+/m1/s1. The Hall–Kier alpha value is -3.64. The summed E-state index contributed by atoms with van der Waals surface area (Å²) in [4.78, 5) is 25.8. The molecular weight excluding hydrogens is 400 g/mol. The van der Waals surface area contributed by atoms with Crippen LogP contribution in [0.4, 0.5) is 0 Å². The molecule has 32 heavy (non-hydrogen) atoms. The summed E-state index contributed by atoms with van der Waals surface area (Å²) in [5, 5.41) is 24.1. The number of nitrogens with zero attached hydrogens (tertiary/aromatic N) is 3. The summed E-state index contributed by atoms with van der Waals surface area (Å²) < 4.78 is 1.56. The van der Waals surface area contributed by atoms with Gasteiger partial charge in [0.2, 0.25) is 5.91 Å². The number of hydrogen-bond donors (Lipinski definition) is 1. The molecule has 2 bridgehead atoms. The topological polar surface area (TPSA) is 98.7 Å². The Bertz CT molecular complexity index is 1390. The fourth-order valence-corrected chi connectivity index (χ4v) is 5.74. The molecule has 0 saturated heterocycles. The summed E-state index contributed by atoms with van der Waals surface area (Å²) in [6, 6.07) is 14.7. The molecule has 4 atom stereocenters. The van der Waals surface area contributed by atoms with Gasteiger partial charge in [-0.3, -0.25) is 9.59 Å². The van der Waals surface area contributed by atoms with Crippen LogP contribution in [0.2, 0.25) is 0 Å². The molecule has 5 rings (SSSR count). The number of benzene rings is 2. The summed E-state index contributed by atoms with van der Waals surface area (Å²) in [6.45, 7) is 0. The molecule has 2 fully saturated rings. The van der Waals surface area contributed by atoms with Gasteiger partial charge in [-0.25, -0.2) is 0 Å². The molecule has 160 valence electrons. The van der Waals surface area contributed by atoms with E-state index in [9.17, 15) is 20.1 Å². The highest BCUT2D eigenvalue weighted by molar-refractivity contribution is 6.06. The average Bonchev–Trinajstić information content (AvgIpc) is 3.45. The van der Waals surface area contributed by atoms with E-state index < -0.39 is 6.04 Å². The van der Waals surface area contributed by atoms with Gasteiger partial charge >= 0.3 is 0 Å². The first-order valence-corrected chi connectivity index (χ1v) is 11.1. The maximum absolute atomic E-state index is 13.0. The van der Waals surface area contributed by atoms with Crippen molar-refractivity contribution in [1.82, 2.24) is 9.88 Å². The highest BCUT2D eigenvalue weighted by atomic mass is 16.2. The second-order valence-corrected chi connectivity index (χ2v) is 9.26. The number of aromatic nitrogens is 1. The zero-order valence-corrected chi connectivity index (χ0v) is 18.0. The molecule has 2 saturated carbocycles. The van der Waals surface area contributed by atoms with Crippen LogP contribution in [-0.4, -0.2) is 16.5 Å². The van der Waals surface area contributed by atoms with E-state index >= 15 is 0 Å². The van der Waals surface area contributed by atoms with Crippen LogP contribution in [0, 0.1) is 40.4 Å². The second kappa shape index (κ2) is 7.80. The third kappa shape index (κ3) is 3.33. The lowest BCUT2D eigenvalue weighted by Gasteiger charge is -2.22. The lowest BCUT2D eigenvalue weighted by atomic mass is 9.88.